The number of ether oxygens (including phenoxy) is 2. The first-order chi connectivity index (χ1) is 7.31. The van der Waals surface area contributed by atoms with E-state index in [0.717, 1.165) is 25.2 Å². The first kappa shape index (κ1) is 14.9. The SMILES string of the molecule is CCSCC(=O)CCCCOCCOC. The Labute approximate surface area is 96.9 Å². The lowest BCUT2D eigenvalue weighted by Crippen LogP contribution is -2.05. The quantitative estimate of drug-likeness (QED) is 0.513. The van der Waals surface area contributed by atoms with Crippen molar-refractivity contribution in [3.05, 3.63) is 0 Å². The highest BCUT2D eigenvalue weighted by atomic mass is 32.2. The summed E-state index contributed by atoms with van der Waals surface area (Å²) in [5, 5.41) is 0. The molecule has 0 bridgehead atoms. The molecule has 0 rings (SSSR count). The summed E-state index contributed by atoms with van der Waals surface area (Å²) in [7, 11) is 1.66. The van der Waals surface area contributed by atoms with Gasteiger partial charge in [0.1, 0.15) is 5.78 Å². The molecule has 0 unspecified atom stereocenters. The fourth-order valence-corrected chi connectivity index (χ4v) is 1.63. The van der Waals surface area contributed by atoms with E-state index in [9.17, 15) is 4.79 Å². The van der Waals surface area contributed by atoms with Crippen LogP contribution in [0.25, 0.3) is 0 Å². The van der Waals surface area contributed by atoms with E-state index in [2.05, 4.69) is 6.92 Å². The molecule has 0 fully saturated rings. The van der Waals surface area contributed by atoms with E-state index in [1.54, 1.807) is 18.9 Å². The molecule has 15 heavy (non-hydrogen) atoms. The third-order valence-corrected chi connectivity index (χ3v) is 2.83. The van der Waals surface area contributed by atoms with E-state index in [1.165, 1.54) is 0 Å². The number of methoxy groups -OCH3 is 1. The summed E-state index contributed by atoms with van der Waals surface area (Å²) in [6.45, 7) is 4.10. The van der Waals surface area contributed by atoms with Crippen molar-refractivity contribution in [2.75, 3.05) is 38.4 Å². The number of carbonyl (C=O) groups excluding carboxylic acids is 1. The van der Waals surface area contributed by atoms with Crippen molar-refractivity contribution in [3.8, 4) is 0 Å². The molecule has 3 nitrogen and oxygen atoms in total. The minimum absolute atomic E-state index is 0.360. The largest absolute Gasteiger partial charge is 0.382 e. The number of ketones is 1. The smallest absolute Gasteiger partial charge is 0.142 e. The van der Waals surface area contributed by atoms with Gasteiger partial charge in [0.15, 0.2) is 0 Å². The standard InChI is InChI=1S/C11H22O3S/c1-3-15-10-11(12)6-4-5-7-14-9-8-13-2/h3-10H2,1-2H3. The van der Waals surface area contributed by atoms with Gasteiger partial charge in [0.05, 0.1) is 19.0 Å². The predicted molar refractivity (Wildman–Crippen MR) is 64.6 cm³/mol. The van der Waals surface area contributed by atoms with Crippen LogP contribution in [0.2, 0.25) is 0 Å². The molecule has 0 heterocycles. The average molecular weight is 234 g/mol. The maximum atomic E-state index is 11.3. The van der Waals surface area contributed by atoms with Crippen molar-refractivity contribution >= 4 is 17.5 Å². The van der Waals surface area contributed by atoms with Crippen molar-refractivity contribution in [2.24, 2.45) is 0 Å². The molecule has 0 aromatic carbocycles. The van der Waals surface area contributed by atoms with E-state index in [0.29, 0.717) is 31.2 Å². The highest BCUT2D eigenvalue weighted by Gasteiger charge is 2.00. The van der Waals surface area contributed by atoms with E-state index in [1.807, 2.05) is 0 Å². The van der Waals surface area contributed by atoms with Crippen LogP contribution in [0.1, 0.15) is 26.2 Å². The summed E-state index contributed by atoms with van der Waals surface area (Å²) in [6, 6.07) is 0. The molecule has 0 radical (unpaired) electrons. The predicted octanol–water partition coefficient (Wildman–Crippen LogP) is 2.14. The molecule has 90 valence electrons. The molecule has 0 atom stereocenters. The van der Waals surface area contributed by atoms with Crippen LogP contribution in [-0.2, 0) is 14.3 Å². The number of hydrogen-bond acceptors (Lipinski definition) is 4. The first-order valence-corrected chi connectivity index (χ1v) is 6.62. The minimum atomic E-state index is 0.360. The number of hydrogen-bond donors (Lipinski definition) is 0. The van der Waals surface area contributed by atoms with Gasteiger partial charge in [-0.05, 0) is 18.6 Å². The highest BCUT2D eigenvalue weighted by molar-refractivity contribution is 7.99. The van der Waals surface area contributed by atoms with Gasteiger partial charge in [-0.25, -0.2) is 0 Å². The molecular formula is C11H22O3S. The van der Waals surface area contributed by atoms with Crippen LogP contribution in [0.15, 0.2) is 0 Å². The molecule has 0 spiro atoms. The summed E-state index contributed by atoms with van der Waals surface area (Å²) in [4.78, 5) is 11.3. The number of carbonyl (C=O) groups is 1. The Morgan fingerprint density at radius 1 is 1.20 bits per heavy atom. The summed E-state index contributed by atoms with van der Waals surface area (Å²) in [5.41, 5.74) is 0. The molecule has 0 aromatic heterocycles. The van der Waals surface area contributed by atoms with Crippen LogP contribution >= 0.6 is 11.8 Å². The molecule has 0 saturated carbocycles. The number of Topliss-reactive ketones (excluding diaryl/α,β-unsaturated/α-hetero) is 1. The van der Waals surface area contributed by atoms with Crippen molar-refractivity contribution < 1.29 is 14.3 Å². The molecule has 0 amide bonds. The lowest BCUT2D eigenvalue weighted by molar-refractivity contribution is -0.116. The number of unbranched alkanes of at least 4 members (excludes halogenated alkanes) is 1. The molecule has 0 aromatic rings. The zero-order valence-electron chi connectivity index (χ0n) is 9.79. The van der Waals surface area contributed by atoms with Crippen molar-refractivity contribution in [3.63, 3.8) is 0 Å². The van der Waals surface area contributed by atoms with E-state index >= 15 is 0 Å². The van der Waals surface area contributed by atoms with Gasteiger partial charge in [-0.2, -0.15) is 11.8 Å². The lowest BCUT2D eigenvalue weighted by atomic mass is 10.2. The van der Waals surface area contributed by atoms with Crippen molar-refractivity contribution in [1.29, 1.82) is 0 Å². The van der Waals surface area contributed by atoms with Gasteiger partial charge in [0.2, 0.25) is 0 Å². The Balaban J connectivity index is 3.06. The average Bonchev–Trinajstić information content (AvgIpc) is 2.25. The Hall–Kier alpha value is -0.0600. The second-order valence-corrected chi connectivity index (χ2v) is 4.51. The van der Waals surface area contributed by atoms with Gasteiger partial charge in [-0.1, -0.05) is 6.92 Å². The summed E-state index contributed by atoms with van der Waals surface area (Å²) < 4.78 is 10.1. The Morgan fingerprint density at radius 2 is 2.00 bits per heavy atom. The Bertz CT molecular complexity index is 151. The summed E-state index contributed by atoms with van der Waals surface area (Å²) in [6.07, 6.45) is 2.60. The maximum absolute atomic E-state index is 11.3. The Kier molecular flexibility index (Phi) is 12.0. The van der Waals surface area contributed by atoms with E-state index in [-0.39, 0.29) is 0 Å². The van der Waals surface area contributed by atoms with Gasteiger partial charge >= 0.3 is 0 Å². The molecule has 0 N–H and O–H groups in total. The molecule has 0 aliphatic rings. The summed E-state index contributed by atoms with van der Waals surface area (Å²) >= 11 is 1.69. The van der Waals surface area contributed by atoms with Crippen molar-refractivity contribution in [1.82, 2.24) is 0 Å². The van der Waals surface area contributed by atoms with Gasteiger partial charge in [0, 0.05) is 20.1 Å². The van der Waals surface area contributed by atoms with Gasteiger partial charge in [-0.3, -0.25) is 4.79 Å². The topological polar surface area (TPSA) is 35.5 Å². The van der Waals surface area contributed by atoms with E-state index < -0.39 is 0 Å². The molecule has 4 heteroatoms. The molecule has 0 aliphatic heterocycles. The zero-order valence-corrected chi connectivity index (χ0v) is 10.6. The van der Waals surface area contributed by atoms with E-state index in [4.69, 9.17) is 9.47 Å². The number of thioether (sulfide) groups is 1. The van der Waals surface area contributed by atoms with Crippen LogP contribution in [0.5, 0.6) is 0 Å². The molecular weight excluding hydrogens is 212 g/mol. The normalized spacial score (nSPS) is 10.5. The molecule has 0 saturated heterocycles. The molecule has 0 aliphatic carbocycles. The second kappa shape index (κ2) is 12.0. The number of rotatable bonds is 11. The van der Waals surface area contributed by atoms with Gasteiger partial charge < -0.3 is 9.47 Å². The summed E-state index contributed by atoms with van der Waals surface area (Å²) in [5.74, 6) is 2.05. The third-order valence-electron chi connectivity index (χ3n) is 1.89. The van der Waals surface area contributed by atoms with Crippen molar-refractivity contribution in [2.45, 2.75) is 26.2 Å². The van der Waals surface area contributed by atoms with Gasteiger partial charge in [-0.15, -0.1) is 0 Å². The van der Waals surface area contributed by atoms with Crippen LogP contribution in [0.3, 0.4) is 0 Å². The maximum Gasteiger partial charge on any atom is 0.142 e. The fraction of sp³-hybridized carbons (Fsp3) is 0.909. The van der Waals surface area contributed by atoms with Crippen LogP contribution in [0, 0.1) is 0 Å². The fourth-order valence-electron chi connectivity index (χ4n) is 1.06. The van der Waals surface area contributed by atoms with Crippen LogP contribution in [0.4, 0.5) is 0 Å². The van der Waals surface area contributed by atoms with Gasteiger partial charge in [0.25, 0.3) is 0 Å². The lowest BCUT2D eigenvalue weighted by Gasteiger charge is -2.03. The third kappa shape index (κ3) is 11.9. The second-order valence-electron chi connectivity index (χ2n) is 3.24. The first-order valence-electron chi connectivity index (χ1n) is 5.47. The highest BCUT2D eigenvalue weighted by Crippen LogP contribution is 2.04. The Morgan fingerprint density at radius 3 is 2.67 bits per heavy atom. The zero-order chi connectivity index (χ0) is 11.4. The van der Waals surface area contributed by atoms with Crippen LogP contribution in [-0.4, -0.2) is 44.2 Å². The monoisotopic (exact) mass is 234 g/mol. The minimum Gasteiger partial charge on any atom is -0.382 e. The van der Waals surface area contributed by atoms with Crippen LogP contribution < -0.4 is 0 Å².